The van der Waals surface area contributed by atoms with Gasteiger partial charge in [0.25, 0.3) is 0 Å². The predicted molar refractivity (Wildman–Crippen MR) is 63.4 cm³/mol. The number of nitrogens with one attached hydrogen (secondary N) is 1. The van der Waals surface area contributed by atoms with Gasteiger partial charge in [0.2, 0.25) is 0 Å². The molecule has 1 fully saturated rings. The summed E-state index contributed by atoms with van der Waals surface area (Å²) in [6.07, 6.45) is 7.93. The van der Waals surface area contributed by atoms with E-state index in [2.05, 4.69) is 19.3 Å². The average Bonchev–Trinajstić information content (AvgIpc) is 3.06. The van der Waals surface area contributed by atoms with Crippen molar-refractivity contribution in [2.75, 3.05) is 6.61 Å². The highest BCUT2D eigenvalue weighted by Crippen LogP contribution is 2.36. The Labute approximate surface area is 93.7 Å². The lowest BCUT2D eigenvalue weighted by Crippen LogP contribution is -2.46. The average molecular weight is 214 g/mol. The van der Waals surface area contributed by atoms with E-state index in [1.807, 2.05) is 0 Å². The van der Waals surface area contributed by atoms with E-state index in [-0.39, 0.29) is 0 Å². The monoisotopic (exact) mass is 214 g/mol. The molecule has 2 unspecified atom stereocenters. The molecule has 0 aromatic carbocycles. The highest BCUT2D eigenvalue weighted by Gasteiger charge is 2.36. The van der Waals surface area contributed by atoms with Crippen molar-refractivity contribution in [1.29, 1.82) is 0 Å². The predicted octanol–water partition coefficient (Wildman–Crippen LogP) is 2.21. The quantitative estimate of drug-likeness (QED) is 0.351. The minimum absolute atomic E-state index is 0.344. The zero-order valence-corrected chi connectivity index (χ0v) is 10.2. The molecular weight excluding hydrogens is 188 g/mol. The Morgan fingerprint density at radius 1 is 1.33 bits per heavy atom. The van der Waals surface area contributed by atoms with Gasteiger partial charge in [0.1, 0.15) is 0 Å². The molecule has 0 radical (unpaired) electrons. The second kappa shape index (κ2) is 7.20. The molecule has 1 saturated carbocycles. The highest BCUT2D eigenvalue weighted by atomic mass is 16.5. The molecule has 1 aliphatic carbocycles. The van der Waals surface area contributed by atoms with Crippen molar-refractivity contribution in [3.8, 4) is 0 Å². The Morgan fingerprint density at radius 2 is 2.07 bits per heavy atom. The fourth-order valence-corrected chi connectivity index (χ4v) is 2.15. The maximum Gasteiger partial charge on any atom is 0.0769 e. The molecule has 90 valence electrons. The van der Waals surface area contributed by atoms with Crippen molar-refractivity contribution >= 4 is 0 Å². The molecule has 0 saturated heterocycles. The summed E-state index contributed by atoms with van der Waals surface area (Å²) in [4.78, 5) is 0. The molecule has 0 aromatic heterocycles. The number of hydrogen-bond donors (Lipinski definition) is 2. The lowest BCUT2D eigenvalue weighted by Gasteiger charge is -2.26. The molecule has 2 atom stereocenters. The standard InChI is InChI=1S/C12H26N2O/c1-3-5-6-7-11(14-13)12(15-4-2)10-8-9-10/h10-12,14H,3-9,13H2,1-2H3. The van der Waals surface area contributed by atoms with Crippen LogP contribution in [0.4, 0.5) is 0 Å². The number of ether oxygens (including phenoxy) is 1. The number of unbranched alkanes of at least 4 members (excludes halogenated alkanes) is 2. The molecular formula is C12H26N2O. The van der Waals surface area contributed by atoms with Gasteiger partial charge in [-0.3, -0.25) is 11.3 Å². The van der Waals surface area contributed by atoms with Gasteiger partial charge in [-0.1, -0.05) is 26.2 Å². The molecule has 3 N–H and O–H groups in total. The first-order chi connectivity index (χ1) is 7.33. The van der Waals surface area contributed by atoms with Crippen LogP contribution in [0.2, 0.25) is 0 Å². The Morgan fingerprint density at radius 3 is 2.53 bits per heavy atom. The van der Waals surface area contributed by atoms with Crippen molar-refractivity contribution in [2.45, 2.75) is 64.5 Å². The Balaban J connectivity index is 2.31. The fourth-order valence-electron chi connectivity index (χ4n) is 2.15. The SMILES string of the molecule is CCCCCC(NN)C(OCC)C1CC1. The van der Waals surface area contributed by atoms with Gasteiger partial charge in [0.15, 0.2) is 0 Å². The third kappa shape index (κ3) is 4.49. The maximum atomic E-state index is 5.81. The summed E-state index contributed by atoms with van der Waals surface area (Å²) in [7, 11) is 0. The van der Waals surface area contributed by atoms with E-state index in [9.17, 15) is 0 Å². The van der Waals surface area contributed by atoms with Crippen LogP contribution < -0.4 is 11.3 Å². The number of nitrogens with two attached hydrogens (primary N) is 1. The topological polar surface area (TPSA) is 47.3 Å². The summed E-state index contributed by atoms with van der Waals surface area (Å²) < 4.78 is 5.81. The summed E-state index contributed by atoms with van der Waals surface area (Å²) >= 11 is 0. The Bertz CT molecular complexity index is 160. The summed E-state index contributed by atoms with van der Waals surface area (Å²) in [5, 5.41) is 0. The van der Waals surface area contributed by atoms with Crippen LogP contribution in [-0.2, 0) is 4.74 Å². The van der Waals surface area contributed by atoms with Crippen LogP contribution in [0.15, 0.2) is 0 Å². The van der Waals surface area contributed by atoms with E-state index in [4.69, 9.17) is 10.6 Å². The molecule has 0 aromatic rings. The summed E-state index contributed by atoms with van der Waals surface area (Å²) in [6, 6.07) is 0.351. The van der Waals surface area contributed by atoms with Gasteiger partial charge < -0.3 is 4.74 Å². The van der Waals surface area contributed by atoms with Crippen LogP contribution in [0.5, 0.6) is 0 Å². The molecule has 15 heavy (non-hydrogen) atoms. The molecule has 1 rings (SSSR count). The van der Waals surface area contributed by atoms with E-state index in [1.54, 1.807) is 0 Å². The van der Waals surface area contributed by atoms with Gasteiger partial charge >= 0.3 is 0 Å². The third-order valence-electron chi connectivity index (χ3n) is 3.18. The molecule has 3 heteroatoms. The van der Waals surface area contributed by atoms with E-state index in [0.717, 1.165) is 18.9 Å². The van der Waals surface area contributed by atoms with Gasteiger partial charge in [0, 0.05) is 12.6 Å². The van der Waals surface area contributed by atoms with Gasteiger partial charge in [-0.2, -0.15) is 0 Å². The fraction of sp³-hybridized carbons (Fsp3) is 1.00. The Kier molecular flexibility index (Phi) is 6.22. The van der Waals surface area contributed by atoms with Crippen LogP contribution in [0.25, 0.3) is 0 Å². The normalized spacial score (nSPS) is 20.2. The Hall–Kier alpha value is -0.120. The lowest BCUT2D eigenvalue weighted by atomic mass is 10.0. The molecule has 1 aliphatic rings. The highest BCUT2D eigenvalue weighted by molar-refractivity contribution is 4.89. The zero-order valence-electron chi connectivity index (χ0n) is 10.2. The van der Waals surface area contributed by atoms with Gasteiger partial charge in [-0.15, -0.1) is 0 Å². The van der Waals surface area contributed by atoms with Gasteiger partial charge in [0.05, 0.1) is 6.10 Å². The first kappa shape index (κ1) is 12.9. The van der Waals surface area contributed by atoms with E-state index >= 15 is 0 Å². The zero-order chi connectivity index (χ0) is 11.1. The van der Waals surface area contributed by atoms with Crippen LogP contribution in [0, 0.1) is 5.92 Å². The molecule has 0 bridgehead atoms. The first-order valence-corrected chi connectivity index (χ1v) is 6.41. The smallest absolute Gasteiger partial charge is 0.0769 e. The van der Waals surface area contributed by atoms with Crippen molar-refractivity contribution in [1.82, 2.24) is 5.43 Å². The van der Waals surface area contributed by atoms with Crippen LogP contribution in [0.1, 0.15) is 52.4 Å². The van der Waals surface area contributed by atoms with Crippen molar-refractivity contribution < 1.29 is 4.74 Å². The van der Waals surface area contributed by atoms with E-state index in [0.29, 0.717) is 12.1 Å². The summed E-state index contributed by atoms with van der Waals surface area (Å²) in [5.41, 5.74) is 2.94. The largest absolute Gasteiger partial charge is 0.377 e. The molecule has 0 spiro atoms. The number of rotatable bonds is 9. The van der Waals surface area contributed by atoms with Gasteiger partial charge in [-0.05, 0) is 32.1 Å². The van der Waals surface area contributed by atoms with Crippen molar-refractivity contribution in [3.63, 3.8) is 0 Å². The lowest BCUT2D eigenvalue weighted by molar-refractivity contribution is 0.0163. The number of hydrazine groups is 1. The maximum absolute atomic E-state index is 5.81. The minimum Gasteiger partial charge on any atom is -0.377 e. The third-order valence-corrected chi connectivity index (χ3v) is 3.18. The first-order valence-electron chi connectivity index (χ1n) is 6.41. The van der Waals surface area contributed by atoms with Crippen LogP contribution in [0.3, 0.4) is 0 Å². The summed E-state index contributed by atoms with van der Waals surface area (Å²) in [5.74, 6) is 6.38. The molecule has 0 amide bonds. The van der Waals surface area contributed by atoms with E-state index < -0.39 is 0 Å². The number of hydrogen-bond acceptors (Lipinski definition) is 3. The van der Waals surface area contributed by atoms with E-state index in [1.165, 1.54) is 32.1 Å². The molecule has 0 heterocycles. The van der Waals surface area contributed by atoms with Crippen LogP contribution >= 0.6 is 0 Å². The summed E-state index contributed by atoms with van der Waals surface area (Å²) in [6.45, 7) is 5.09. The second-order valence-corrected chi connectivity index (χ2v) is 4.53. The molecule has 3 nitrogen and oxygen atoms in total. The van der Waals surface area contributed by atoms with Gasteiger partial charge in [-0.25, -0.2) is 0 Å². The van der Waals surface area contributed by atoms with Crippen molar-refractivity contribution in [2.24, 2.45) is 11.8 Å². The minimum atomic E-state index is 0.344. The second-order valence-electron chi connectivity index (χ2n) is 4.53. The molecule has 0 aliphatic heterocycles. The van der Waals surface area contributed by atoms with Crippen LogP contribution in [-0.4, -0.2) is 18.8 Å². The van der Waals surface area contributed by atoms with Crippen molar-refractivity contribution in [3.05, 3.63) is 0 Å².